The Morgan fingerprint density at radius 3 is 2.64 bits per heavy atom. The molecule has 0 radical (unpaired) electrons. The Labute approximate surface area is 135 Å². The van der Waals surface area contributed by atoms with Crippen LogP contribution in [0.4, 0.5) is 5.13 Å². The summed E-state index contributed by atoms with van der Waals surface area (Å²) in [7, 11) is 0. The number of carbonyl (C=O) groups is 1. The minimum atomic E-state index is -0.0749. The first-order valence-electron chi connectivity index (χ1n) is 7.55. The van der Waals surface area contributed by atoms with Gasteiger partial charge in [-0.1, -0.05) is 32.1 Å². The van der Waals surface area contributed by atoms with Crippen molar-refractivity contribution >= 4 is 22.4 Å². The van der Waals surface area contributed by atoms with Crippen LogP contribution in [0, 0.1) is 19.8 Å². The van der Waals surface area contributed by atoms with E-state index in [1.807, 2.05) is 25.5 Å². The molecule has 0 bridgehead atoms. The second kappa shape index (κ2) is 7.00. The summed E-state index contributed by atoms with van der Waals surface area (Å²) < 4.78 is 1.99. The van der Waals surface area contributed by atoms with Crippen LogP contribution in [0.15, 0.2) is 0 Å². The number of nitrogens with zero attached hydrogens (tertiary/aromatic N) is 4. The molecule has 120 valence electrons. The summed E-state index contributed by atoms with van der Waals surface area (Å²) in [5.74, 6) is 0.447. The summed E-state index contributed by atoms with van der Waals surface area (Å²) in [5, 5.41) is 16.8. The second-order valence-corrected chi connectivity index (χ2v) is 6.87. The van der Waals surface area contributed by atoms with Crippen LogP contribution in [0.5, 0.6) is 0 Å². The largest absolute Gasteiger partial charge is 0.300 e. The van der Waals surface area contributed by atoms with Crippen LogP contribution < -0.4 is 5.32 Å². The fourth-order valence-electron chi connectivity index (χ4n) is 2.28. The maximum atomic E-state index is 12.2. The molecule has 2 heterocycles. The molecule has 22 heavy (non-hydrogen) atoms. The van der Waals surface area contributed by atoms with E-state index in [0.717, 1.165) is 34.9 Å². The first-order chi connectivity index (χ1) is 10.4. The maximum Gasteiger partial charge on any atom is 0.230 e. The molecule has 1 amide bonds. The highest BCUT2D eigenvalue weighted by Gasteiger charge is 2.16. The molecule has 2 aromatic rings. The van der Waals surface area contributed by atoms with Crippen LogP contribution in [-0.4, -0.2) is 25.9 Å². The average Bonchev–Trinajstić information content (AvgIpc) is 2.98. The molecule has 0 atom stereocenters. The number of anilines is 1. The van der Waals surface area contributed by atoms with E-state index in [-0.39, 0.29) is 5.91 Å². The number of aryl methyl sites for hydroxylation is 2. The molecule has 0 unspecified atom stereocenters. The van der Waals surface area contributed by atoms with Crippen molar-refractivity contribution in [3.8, 4) is 0 Å². The molecular weight excluding hydrogens is 298 g/mol. The summed E-state index contributed by atoms with van der Waals surface area (Å²) in [6, 6.07) is 0. The number of amides is 1. The minimum Gasteiger partial charge on any atom is -0.300 e. The van der Waals surface area contributed by atoms with Crippen LogP contribution in [-0.2, 0) is 24.2 Å². The Kier molecular flexibility index (Phi) is 5.28. The van der Waals surface area contributed by atoms with Gasteiger partial charge in [0.2, 0.25) is 11.0 Å². The molecule has 6 nitrogen and oxygen atoms in total. The number of carbonyl (C=O) groups excluding carboxylic acids is 1. The van der Waals surface area contributed by atoms with Crippen molar-refractivity contribution in [1.29, 1.82) is 0 Å². The number of rotatable bonds is 6. The fourth-order valence-corrected chi connectivity index (χ4v) is 2.98. The highest BCUT2D eigenvalue weighted by atomic mass is 32.1. The van der Waals surface area contributed by atoms with E-state index >= 15 is 0 Å². The van der Waals surface area contributed by atoms with Gasteiger partial charge in [0.05, 0.1) is 12.1 Å². The second-order valence-electron chi connectivity index (χ2n) is 5.80. The Bertz CT molecular complexity index is 659. The van der Waals surface area contributed by atoms with Gasteiger partial charge in [0, 0.05) is 17.8 Å². The molecule has 1 N–H and O–H groups in total. The number of aromatic nitrogens is 4. The molecule has 0 fully saturated rings. The lowest BCUT2D eigenvalue weighted by Crippen LogP contribution is -2.15. The van der Waals surface area contributed by atoms with Crippen molar-refractivity contribution in [2.75, 3.05) is 5.32 Å². The molecular formula is C15H23N5OS. The van der Waals surface area contributed by atoms with E-state index in [9.17, 15) is 4.79 Å². The molecule has 0 saturated carbocycles. The first-order valence-corrected chi connectivity index (χ1v) is 8.37. The zero-order valence-corrected chi connectivity index (χ0v) is 14.6. The van der Waals surface area contributed by atoms with E-state index < -0.39 is 0 Å². The van der Waals surface area contributed by atoms with Gasteiger partial charge >= 0.3 is 0 Å². The normalized spacial score (nSPS) is 11.2. The lowest BCUT2D eigenvalue weighted by Gasteiger charge is -2.08. The van der Waals surface area contributed by atoms with E-state index in [1.165, 1.54) is 11.3 Å². The minimum absolute atomic E-state index is 0.0749. The van der Waals surface area contributed by atoms with Crippen molar-refractivity contribution in [2.45, 2.75) is 54.0 Å². The van der Waals surface area contributed by atoms with E-state index in [0.29, 0.717) is 17.5 Å². The fraction of sp³-hybridized carbons (Fsp3) is 0.600. The van der Waals surface area contributed by atoms with Gasteiger partial charge in [-0.3, -0.25) is 9.48 Å². The summed E-state index contributed by atoms with van der Waals surface area (Å²) >= 11 is 1.42. The third-order valence-corrected chi connectivity index (χ3v) is 4.41. The van der Waals surface area contributed by atoms with E-state index in [2.05, 4.69) is 34.5 Å². The van der Waals surface area contributed by atoms with Crippen LogP contribution in [0.25, 0.3) is 0 Å². The summed E-state index contributed by atoms with van der Waals surface area (Å²) in [6.45, 7) is 11.2. The van der Waals surface area contributed by atoms with Gasteiger partial charge in [0.1, 0.15) is 5.01 Å². The smallest absolute Gasteiger partial charge is 0.230 e. The number of nitrogens with one attached hydrogen (secondary N) is 1. The Morgan fingerprint density at radius 1 is 1.32 bits per heavy atom. The van der Waals surface area contributed by atoms with Gasteiger partial charge in [-0.05, 0) is 26.2 Å². The van der Waals surface area contributed by atoms with Crippen molar-refractivity contribution in [3.63, 3.8) is 0 Å². The van der Waals surface area contributed by atoms with Crippen molar-refractivity contribution < 1.29 is 4.79 Å². The van der Waals surface area contributed by atoms with Crippen molar-refractivity contribution in [2.24, 2.45) is 5.92 Å². The van der Waals surface area contributed by atoms with Crippen molar-refractivity contribution in [3.05, 3.63) is 22.0 Å². The van der Waals surface area contributed by atoms with Crippen molar-refractivity contribution in [1.82, 2.24) is 20.0 Å². The predicted molar refractivity (Wildman–Crippen MR) is 88.2 cm³/mol. The lowest BCUT2D eigenvalue weighted by molar-refractivity contribution is -0.115. The Hall–Kier alpha value is -1.76. The van der Waals surface area contributed by atoms with E-state index in [1.54, 1.807) is 0 Å². The molecule has 2 aromatic heterocycles. The van der Waals surface area contributed by atoms with Gasteiger partial charge in [0.25, 0.3) is 0 Å². The van der Waals surface area contributed by atoms with Crippen LogP contribution in [0.1, 0.15) is 42.7 Å². The number of hydrogen-bond acceptors (Lipinski definition) is 5. The third-order valence-electron chi connectivity index (χ3n) is 3.42. The lowest BCUT2D eigenvalue weighted by atomic mass is 10.1. The topological polar surface area (TPSA) is 72.7 Å². The molecule has 0 aromatic carbocycles. The predicted octanol–water partition coefficient (Wildman–Crippen LogP) is 2.75. The molecule has 0 aliphatic rings. The van der Waals surface area contributed by atoms with Gasteiger partial charge in [-0.25, -0.2) is 0 Å². The highest BCUT2D eigenvalue weighted by Crippen LogP contribution is 2.18. The van der Waals surface area contributed by atoms with E-state index in [4.69, 9.17) is 0 Å². The maximum absolute atomic E-state index is 12.2. The zero-order chi connectivity index (χ0) is 16.3. The van der Waals surface area contributed by atoms with Gasteiger partial charge in [-0.2, -0.15) is 5.10 Å². The molecule has 0 saturated heterocycles. The highest BCUT2D eigenvalue weighted by molar-refractivity contribution is 7.15. The van der Waals surface area contributed by atoms with Gasteiger partial charge in [0.15, 0.2) is 0 Å². The molecule has 0 aliphatic heterocycles. The molecule has 0 aliphatic carbocycles. The van der Waals surface area contributed by atoms with Crippen LogP contribution in [0.3, 0.4) is 0 Å². The number of hydrogen-bond donors (Lipinski definition) is 1. The van der Waals surface area contributed by atoms with Crippen LogP contribution in [0.2, 0.25) is 0 Å². The SMILES string of the molecule is CCc1nnc(NC(=O)Cc2c(C)nn(CC(C)C)c2C)s1. The molecule has 7 heteroatoms. The molecule has 0 spiro atoms. The van der Waals surface area contributed by atoms with Gasteiger partial charge < -0.3 is 5.32 Å². The Morgan fingerprint density at radius 2 is 2.05 bits per heavy atom. The quantitative estimate of drug-likeness (QED) is 0.888. The monoisotopic (exact) mass is 321 g/mol. The third kappa shape index (κ3) is 3.91. The summed E-state index contributed by atoms with van der Waals surface area (Å²) in [5.41, 5.74) is 2.98. The van der Waals surface area contributed by atoms with Crippen LogP contribution >= 0.6 is 11.3 Å². The average molecular weight is 321 g/mol. The Balaban J connectivity index is 2.06. The molecule has 2 rings (SSSR count). The summed E-state index contributed by atoms with van der Waals surface area (Å²) in [4.78, 5) is 12.2. The zero-order valence-electron chi connectivity index (χ0n) is 13.8. The van der Waals surface area contributed by atoms with Gasteiger partial charge in [-0.15, -0.1) is 10.2 Å². The standard InChI is InChI=1S/C15H23N5OS/c1-6-14-17-18-15(22-14)16-13(21)7-12-10(4)19-20(11(12)5)8-9(2)3/h9H,6-8H2,1-5H3,(H,16,18,21). The summed E-state index contributed by atoms with van der Waals surface area (Å²) in [6.07, 6.45) is 1.14. The first kappa shape index (κ1) is 16.6.